The standard InChI is InChI=1S/C18H18ClN5O3S3/c1-3-8-28-18-24-23-16(29-18)22-15(25)14-13(19)9-20-17(21-14)30(26,27)10-12-7-5-4-6-11(12)2/h4-7,9H,3,8,10H2,1-2H3,(H,22,23,25). The first-order chi connectivity index (χ1) is 14.3. The predicted molar refractivity (Wildman–Crippen MR) is 118 cm³/mol. The minimum Gasteiger partial charge on any atom is -0.295 e. The van der Waals surface area contributed by atoms with Crippen LogP contribution in [0, 0.1) is 6.92 Å². The van der Waals surface area contributed by atoms with Gasteiger partial charge in [0.25, 0.3) is 5.91 Å². The van der Waals surface area contributed by atoms with Crippen LogP contribution in [-0.2, 0) is 15.6 Å². The highest BCUT2D eigenvalue weighted by molar-refractivity contribution is 8.01. The Labute approximate surface area is 187 Å². The van der Waals surface area contributed by atoms with E-state index in [2.05, 4.69) is 32.4 Å². The summed E-state index contributed by atoms with van der Waals surface area (Å²) >= 11 is 8.81. The molecule has 0 aliphatic carbocycles. The molecule has 1 N–H and O–H groups in total. The van der Waals surface area contributed by atoms with Crippen LogP contribution in [0.2, 0.25) is 5.02 Å². The van der Waals surface area contributed by atoms with Gasteiger partial charge < -0.3 is 0 Å². The number of aromatic nitrogens is 4. The normalized spacial score (nSPS) is 11.4. The number of rotatable bonds is 8. The number of aryl methyl sites for hydroxylation is 1. The molecule has 0 saturated heterocycles. The first-order valence-corrected chi connectivity index (χ1v) is 12.7. The maximum Gasteiger partial charge on any atom is 0.277 e. The van der Waals surface area contributed by atoms with Gasteiger partial charge in [-0.2, -0.15) is 0 Å². The molecule has 8 nitrogen and oxygen atoms in total. The second kappa shape index (κ2) is 9.82. The Balaban J connectivity index is 1.81. The van der Waals surface area contributed by atoms with E-state index in [0.717, 1.165) is 28.3 Å². The lowest BCUT2D eigenvalue weighted by molar-refractivity contribution is 0.102. The molecule has 2 heterocycles. The van der Waals surface area contributed by atoms with Gasteiger partial charge in [-0.3, -0.25) is 10.1 Å². The number of sulfone groups is 1. The number of carbonyl (C=O) groups excluding carboxylic acids is 1. The van der Waals surface area contributed by atoms with E-state index in [0.29, 0.717) is 5.56 Å². The van der Waals surface area contributed by atoms with E-state index in [1.54, 1.807) is 12.1 Å². The van der Waals surface area contributed by atoms with Crippen molar-refractivity contribution in [3.05, 3.63) is 52.3 Å². The molecule has 0 aliphatic rings. The summed E-state index contributed by atoms with van der Waals surface area (Å²) < 4.78 is 26.3. The van der Waals surface area contributed by atoms with Crippen molar-refractivity contribution in [2.75, 3.05) is 11.1 Å². The number of amides is 1. The van der Waals surface area contributed by atoms with Crippen molar-refractivity contribution in [3.8, 4) is 0 Å². The zero-order chi connectivity index (χ0) is 21.7. The summed E-state index contributed by atoms with van der Waals surface area (Å²) in [5, 5.41) is 10.2. The number of hydrogen-bond acceptors (Lipinski definition) is 9. The molecule has 0 radical (unpaired) electrons. The van der Waals surface area contributed by atoms with Crippen molar-refractivity contribution in [1.82, 2.24) is 20.2 Å². The molecule has 0 unspecified atom stereocenters. The van der Waals surface area contributed by atoms with Crippen LogP contribution >= 0.6 is 34.7 Å². The predicted octanol–water partition coefficient (Wildman–Crippen LogP) is 4.02. The average molecular weight is 484 g/mol. The van der Waals surface area contributed by atoms with E-state index in [-0.39, 0.29) is 21.6 Å². The Hall–Kier alpha value is -2.08. The lowest BCUT2D eigenvalue weighted by Gasteiger charge is -2.08. The van der Waals surface area contributed by atoms with Gasteiger partial charge in [0, 0.05) is 5.75 Å². The van der Waals surface area contributed by atoms with Crippen molar-refractivity contribution in [2.24, 2.45) is 0 Å². The van der Waals surface area contributed by atoms with Crippen molar-refractivity contribution in [3.63, 3.8) is 0 Å². The van der Waals surface area contributed by atoms with Crippen LogP contribution in [0.25, 0.3) is 0 Å². The summed E-state index contributed by atoms with van der Waals surface area (Å²) in [6.45, 7) is 3.88. The molecule has 2 aromatic heterocycles. The van der Waals surface area contributed by atoms with Crippen molar-refractivity contribution < 1.29 is 13.2 Å². The minimum absolute atomic E-state index is 0.0626. The fourth-order valence-electron chi connectivity index (χ4n) is 2.37. The quantitative estimate of drug-likeness (QED) is 0.290. The number of hydrogen-bond donors (Lipinski definition) is 1. The molecule has 1 aromatic carbocycles. The number of nitrogens with one attached hydrogen (secondary N) is 1. The summed E-state index contributed by atoms with van der Waals surface area (Å²) in [6.07, 6.45) is 2.10. The monoisotopic (exact) mass is 483 g/mol. The van der Waals surface area contributed by atoms with E-state index < -0.39 is 20.9 Å². The third kappa shape index (κ3) is 5.54. The average Bonchev–Trinajstić information content (AvgIpc) is 3.15. The second-order valence-corrected chi connectivity index (χ2v) is 10.8. The fraction of sp³-hybridized carbons (Fsp3) is 0.278. The van der Waals surface area contributed by atoms with E-state index >= 15 is 0 Å². The molecule has 0 bridgehead atoms. The highest BCUT2D eigenvalue weighted by Crippen LogP contribution is 2.27. The molecule has 12 heteroatoms. The maximum absolute atomic E-state index is 12.8. The number of benzene rings is 1. The SMILES string of the molecule is CCCSc1nnc(NC(=O)c2nc(S(=O)(=O)Cc3ccccc3C)ncc2Cl)s1. The lowest BCUT2D eigenvalue weighted by atomic mass is 10.1. The third-order valence-corrected chi connectivity index (χ3v) is 7.78. The van der Waals surface area contributed by atoms with Crippen LogP contribution in [0.1, 0.15) is 35.0 Å². The van der Waals surface area contributed by atoms with Crippen LogP contribution in [0.4, 0.5) is 5.13 Å². The molecular weight excluding hydrogens is 466 g/mol. The molecule has 158 valence electrons. The van der Waals surface area contributed by atoms with Gasteiger partial charge in [-0.05, 0) is 24.5 Å². The Morgan fingerprint density at radius 3 is 2.77 bits per heavy atom. The van der Waals surface area contributed by atoms with Gasteiger partial charge >= 0.3 is 0 Å². The summed E-state index contributed by atoms with van der Waals surface area (Å²) in [5.74, 6) is -0.0721. The van der Waals surface area contributed by atoms with E-state index in [1.165, 1.54) is 23.1 Å². The fourth-order valence-corrected chi connectivity index (χ4v) is 5.52. The van der Waals surface area contributed by atoms with Crippen molar-refractivity contribution in [2.45, 2.75) is 35.5 Å². The summed E-state index contributed by atoms with van der Waals surface area (Å²) in [6, 6.07) is 7.13. The third-order valence-electron chi connectivity index (χ3n) is 3.88. The minimum atomic E-state index is -3.88. The molecule has 0 aliphatic heterocycles. The van der Waals surface area contributed by atoms with Gasteiger partial charge in [0.2, 0.25) is 20.1 Å². The van der Waals surface area contributed by atoms with Crippen molar-refractivity contribution in [1.29, 1.82) is 0 Å². The Kier molecular flexibility index (Phi) is 7.40. The number of anilines is 1. The molecule has 30 heavy (non-hydrogen) atoms. The van der Waals surface area contributed by atoms with Gasteiger partial charge in [0.1, 0.15) is 0 Å². The van der Waals surface area contributed by atoms with Gasteiger partial charge in [0.15, 0.2) is 10.0 Å². The van der Waals surface area contributed by atoms with Crippen LogP contribution in [-0.4, -0.2) is 40.2 Å². The summed E-state index contributed by atoms with van der Waals surface area (Å²) in [4.78, 5) is 20.4. The smallest absolute Gasteiger partial charge is 0.277 e. The van der Waals surface area contributed by atoms with Crippen LogP contribution < -0.4 is 5.32 Å². The second-order valence-electron chi connectivity index (χ2n) is 6.21. The Morgan fingerprint density at radius 2 is 2.03 bits per heavy atom. The lowest BCUT2D eigenvalue weighted by Crippen LogP contribution is -2.18. The molecule has 0 atom stereocenters. The maximum atomic E-state index is 12.8. The molecule has 3 aromatic rings. The topological polar surface area (TPSA) is 115 Å². The van der Waals surface area contributed by atoms with Crippen LogP contribution in [0.3, 0.4) is 0 Å². The zero-order valence-electron chi connectivity index (χ0n) is 16.1. The molecule has 0 fully saturated rings. The molecule has 1 amide bonds. The van der Waals surface area contributed by atoms with Crippen LogP contribution in [0.5, 0.6) is 0 Å². The largest absolute Gasteiger partial charge is 0.295 e. The van der Waals surface area contributed by atoms with Crippen LogP contribution in [0.15, 0.2) is 40.0 Å². The van der Waals surface area contributed by atoms with Gasteiger partial charge in [-0.25, -0.2) is 18.4 Å². The number of halogens is 1. The first kappa shape index (κ1) is 22.6. The number of thioether (sulfide) groups is 1. The Bertz CT molecular complexity index is 1170. The van der Waals surface area contributed by atoms with E-state index in [4.69, 9.17) is 11.6 Å². The summed E-state index contributed by atoms with van der Waals surface area (Å²) in [7, 11) is -3.88. The molecule has 3 rings (SSSR count). The highest BCUT2D eigenvalue weighted by atomic mass is 35.5. The first-order valence-electron chi connectivity index (χ1n) is 8.87. The summed E-state index contributed by atoms with van der Waals surface area (Å²) in [5.41, 5.74) is 1.22. The molecular formula is C18H18ClN5O3S3. The Morgan fingerprint density at radius 1 is 1.27 bits per heavy atom. The molecule has 0 saturated carbocycles. The number of carbonyl (C=O) groups is 1. The van der Waals surface area contributed by atoms with Gasteiger partial charge in [0.05, 0.1) is 17.0 Å². The van der Waals surface area contributed by atoms with E-state index in [1.807, 2.05) is 19.1 Å². The highest BCUT2D eigenvalue weighted by Gasteiger charge is 2.24. The van der Waals surface area contributed by atoms with Gasteiger partial charge in [-0.15, -0.1) is 10.2 Å². The van der Waals surface area contributed by atoms with Crippen molar-refractivity contribution >= 4 is 55.6 Å². The van der Waals surface area contributed by atoms with Gasteiger partial charge in [-0.1, -0.05) is 65.9 Å². The molecule has 0 spiro atoms. The number of nitrogens with zero attached hydrogens (tertiary/aromatic N) is 4. The van der Waals surface area contributed by atoms with E-state index in [9.17, 15) is 13.2 Å². The zero-order valence-corrected chi connectivity index (χ0v) is 19.3.